The zero-order chi connectivity index (χ0) is 22.2. The molecule has 4 rings (SSSR count). The summed E-state index contributed by atoms with van der Waals surface area (Å²) < 4.78 is 7.92. The van der Waals surface area contributed by atoms with Gasteiger partial charge in [0, 0.05) is 24.4 Å². The zero-order valence-electron chi connectivity index (χ0n) is 18.7. The molecule has 0 bridgehead atoms. The third kappa shape index (κ3) is 4.44. The Morgan fingerprint density at radius 3 is 2.58 bits per heavy atom. The van der Waals surface area contributed by atoms with Crippen molar-refractivity contribution in [1.82, 2.24) is 14.5 Å². The number of ether oxygens (including phenoxy) is 1. The number of amides is 1. The SMILES string of the molecule is Cc1ccccc1OCC(O)Cn1c(C2CC(=O)N(C(C)(C)C)C2)nc2ccccc21. The van der Waals surface area contributed by atoms with Crippen LogP contribution in [0.4, 0.5) is 0 Å². The third-order valence-electron chi connectivity index (χ3n) is 5.90. The van der Waals surface area contributed by atoms with E-state index in [0.29, 0.717) is 19.5 Å². The Hall–Kier alpha value is -2.86. The largest absolute Gasteiger partial charge is 0.491 e. The summed E-state index contributed by atoms with van der Waals surface area (Å²) in [6.45, 7) is 9.36. The molecule has 1 aromatic heterocycles. The van der Waals surface area contributed by atoms with Gasteiger partial charge in [0.05, 0.1) is 17.6 Å². The molecule has 1 saturated heterocycles. The lowest BCUT2D eigenvalue weighted by atomic mass is 10.1. The van der Waals surface area contributed by atoms with Crippen molar-refractivity contribution in [2.24, 2.45) is 0 Å². The fourth-order valence-electron chi connectivity index (χ4n) is 4.29. The van der Waals surface area contributed by atoms with Crippen molar-refractivity contribution < 1.29 is 14.6 Å². The van der Waals surface area contributed by atoms with Crippen LogP contribution in [0.3, 0.4) is 0 Å². The van der Waals surface area contributed by atoms with E-state index in [4.69, 9.17) is 9.72 Å². The molecule has 2 heterocycles. The lowest BCUT2D eigenvalue weighted by molar-refractivity contribution is -0.131. The smallest absolute Gasteiger partial charge is 0.223 e. The number of aliphatic hydroxyl groups excluding tert-OH is 1. The van der Waals surface area contributed by atoms with Gasteiger partial charge >= 0.3 is 0 Å². The molecule has 1 aliphatic heterocycles. The average molecular weight is 422 g/mol. The maximum atomic E-state index is 12.7. The second-order valence-corrected chi connectivity index (χ2v) is 9.38. The van der Waals surface area contributed by atoms with E-state index in [1.165, 1.54) is 0 Å². The number of rotatable bonds is 6. The first kappa shape index (κ1) is 21.4. The number of carbonyl (C=O) groups is 1. The minimum Gasteiger partial charge on any atom is -0.491 e. The van der Waals surface area contributed by atoms with Gasteiger partial charge in [-0.15, -0.1) is 0 Å². The Morgan fingerprint density at radius 2 is 1.87 bits per heavy atom. The van der Waals surface area contributed by atoms with Crippen LogP contribution in [0.5, 0.6) is 5.75 Å². The van der Waals surface area contributed by atoms with Gasteiger partial charge in [0.2, 0.25) is 5.91 Å². The van der Waals surface area contributed by atoms with Crippen LogP contribution in [0.25, 0.3) is 11.0 Å². The molecule has 164 valence electrons. The summed E-state index contributed by atoms with van der Waals surface area (Å²) in [6, 6.07) is 15.7. The van der Waals surface area contributed by atoms with Crippen molar-refractivity contribution in [2.45, 2.75) is 58.2 Å². The Labute approximate surface area is 183 Å². The van der Waals surface area contributed by atoms with Crippen LogP contribution in [0.15, 0.2) is 48.5 Å². The van der Waals surface area contributed by atoms with E-state index in [1.807, 2.05) is 60.4 Å². The Balaban J connectivity index is 1.57. The molecule has 2 unspecified atom stereocenters. The molecule has 3 aromatic rings. The normalized spacial score (nSPS) is 18.0. The molecule has 1 amide bonds. The number of aromatic nitrogens is 2. The maximum Gasteiger partial charge on any atom is 0.223 e. The molecule has 1 aliphatic rings. The van der Waals surface area contributed by atoms with Gasteiger partial charge in [-0.3, -0.25) is 4.79 Å². The lowest BCUT2D eigenvalue weighted by Crippen LogP contribution is -2.42. The van der Waals surface area contributed by atoms with Gasteiger partial charge < -0.3 is 19.3 Å². The van der Waals surface area contributed by atoms with E-state index in [0.717, 1.165) is 28.2 Å². The first-order valence-corrected chi connectivity index (χ1v) is 10.9. The van der Waals surface area contributed by atoms with E-state index in [-0.39, 0.29) is 24.0 Å². The molecule has 6 nitrogen and oxygen atoms in total. The number of fused-ring (bicyclic) bond motifs is 1. The second-order valence-electron chi connectivity index (χ2n) is 9.38. The monoisotopic (exact) mass is 421 g/mol. The van der Waals surface area contributed by atoms with E-state index in [1.54, 1.807) is 0 Å². The summed E-state index contributed by atoms with van der Waals surface area (Å²) in [7, 11) is 0. The van der Waals surface area contributed by atoms with Crippen molar-refractivity contribution in [3.05, 3.63) is 59.9 Å². The van der Waals surface area contributed by atoms with Crippen molar-refractivity contribution in [2.75, 3.05) is 13.2 Å². The molecule has 2 aromatic carbocycles. The fourth-order valence-corrected chi connectivity index (χ4v) is 4.29. The average Bonchev–Trinajstić information content (AvgIpc) is 3.28. The van der Waals surface area contributed by atoms with Crippen LogP contribution in [0.1, 0.15) is 44.5 Å². The minimum absolute atomic E-state index is 0.00334. The lowest BCUT2D eigenvalue weighted by Gasteiger charge is -2.32. The number of benzene rings is 2. The third-order valence-corrected chi connectivity index (χ3v) is 5.90. The van der Waals surface area contributed by atoms with E-state index in [9.17, 15) is 9.90 Å². The van der Waals surface area contributed by atoms with Gasteiger partial charge in [-0.25, -0.2) is 4.98 Å². The van der Waals surface area contributed by atoms with Crippen LogP contribution in [0, 0.1) is 6.92 Å². The zero-order valence-corrected chi connectivity index (χ0v) is 18.7. The number of hydrogen-bond acceptors (Lipinski definition) is 4. The van der Waals surface area contributed by atoms with Gasteiger partial charge in [0.1, 0.15) is 24.3 Å². The Morgan fingerprint density at radius 1 is 1.16 bits per heavy atom. The van der Waals surface area contributed by atoms with Crippen LogP contribution in [-0.4, -0.2) is 50.3 Å². The van der Waals surface area contributed by atoms with Gasteiger partial charge in [-0.1, -0.05) is 30.3 Å². The summed E-state index contributed by atoms with van der Waals surface area (Å²) in [5.74, 6) is 1.79. The Kier molecular flexibility index (Phi) is 5.75. The quantitative estimate of drug-likeness (QED) is 0.656. The topological polar surface area (TPSA) is 67.6 Å². The number of para-hydroxylation sites is 3. The molecule has 6 heteroatoms. The molecule has 0 spiro atoms. The highest BCUT2D eigenvalue weighted by Gasteiger charge is 2.39. The van der Waals surface area contributed by atoms with Crippen molar-refractivity contribution in [3.63, 3.8) is 0 Å². The number of likely N-dealkylation sites (tertiary alicyclic amines) is 1. The number of aryl methyl sites for hydroxylation is 1. The van der Waals surface area contributed by atoms with Gasteiger partial charge in [0.25, 0.3) is 0 Å². The number of carbonyl (C=O) groups excluding carboxylic acids is 1. The summed E-state index contributed by atoms with van der Waals surface area (Å²) in [5, 5.41) is 10.8. The molecular weight excluding hydrogens is 390 g/mol. The summed E-state index contributed by atoms with van der Waals surface area (Å²) in [6.07, 6.45) is -0.261. The van der Waals surface area contributed by atoms with Crippen molar-refractivity contribution >= 4 is 16.9 Å². The van der Waals surface area contributed by atoms with Gasteiger partial charge in [-0.05, 0) is 51.5 Å². The second kappa shape index (κ2) is 8.35. The molecular formula is C25H31N3O3. The molecule has 1 N–H and O–H groups in total. The molecule has 0 aliphatic carbocycles. The van der Waals surface area contributed by atoms with Crippen LogP contribution in [0.2, 0.25) is 0 Å². The number of nitrogens with zero attached hydrogens (tertiary/aromatic N) is 3. The molecule has 2 atom stereocenters. The van der Waals surface area contributed by atoms with E-state index < -0.39 is 6.10 Å². The van der Waals surface area contributed by atoms with Crippen molar-refractivity contribution in [3.8, 4) is 5.75 Å². The van der Waals surface area contributed by atoms with Crippen LogP contribution in [-0.2, 0) is 11.3 Å². The first-order valence-electron chi connectivity index (χ1n) is 10.9. The van der Waals surface area contributed by atoms with Crippen LogP contribution < -0.4 is 4.74 Å². The van der Waals surface area contributed by atoms with E-state index >= 15 is 0 Å². The minimum atomic E-state index is -0.702. The molecule has 1 fully saturated rings. The summed E-state index contributed by atoms with van der Waals surface area (Å²) >= 11 is 0. The highest BCUT2D eigenvalue weighted by molar-refractivity contribution is 5.81. The standard InChI is InChI=1S/C25H31N3O3/c1-17-9-5-8-12-22(17)31-16-19(29)15-27-21-11-7-6-10-20(21)26-24(27)18-13-23(30)28(14-18)25(2,3)4/h5-12,18-19,29H,13-16H2,1-4H3. The Bertz CT molecular complexity index is 1080. The number of hydrogen-bond donors (Lipinski definition) is 1. The van der Waals surface area contributed by atoms with Gasteiger partial charge in [-0.2, -0.15) is 0 Å². The van der Waals surface area contributed by atoms with Gasteiger partial charge in [0.15, 0.2) is 0 Å². The number of aliphatic hydroxyl groups is 1. The highest BCUT2D eigenvalue weighted by atomic mass is 16.5. The number of imidazole rings is 1. The van der Waals surface area contributed by atoms with Crippen molar-refractivity contribution in [1.29, 1.82) is 0 Å². The highest BCUT2D eigenvalue weighted by Crippen LogP contribution is 2.34. The fraction of sp³-hybridized carbons (Fsp3) is 0.440. The predicted octanol–water partition coefficient (Wildman–Crippen LogP) is 3.90. The molecule has 31 heavy (non-hydrogen) atoms. The molecule has 0 radical (unpaired) electrons. The summed E-state index contributed by atoms with van der Waals surface area (Å²) in [4.78, 5) is 19.5. The summed E-state index contributed by atoms with van der Waals surface area (Å²) in [5.41, 5.74) is 2.67. The molecule has 0 saturated carbocycles. The maximum absolute atomic E-state index is 12.7. The van der Waals surface area contributed by atoms with E-state index in [2.05, 4.69) is 25.3 Å². The van der Waals surface area contributed by atoms with Crippen LogP contribution >= 0.6 is 0 Å². The first-order chi connectivity index (χ1) is 14.7. The predicted molar refractivity (Wildman–Crippen MR) is 121 cm³/mol.